The number of hydrogen-bond acceptors (Lipinski definition) is 6. The Morgan fingerprint density at radius 2 is 1.56 bits per heavy atom. The molecule has 34 heavy (non-hydrogen) atoms. The first-order valence-electron chi connectivity index (χ1n) is 10.9. The molecule has 3 atom stereocenters. The quantitative estimate of drug-likeness (QED) is 0.588. The van der Waals surface area contributed by atoms with Gasteiger partial charge >= 0.3 is 0 Å². The molecule has 3 amide bonds. The van der Waals surface area contributed by atoms with Gasteiger partial charge in [-0.05, 0) is 54.1 Å². The van der Waals surface area contributed by atoms with E-state index < -0.39 is 24.0 Å². The van der Waals surface area contributed by atoms with Gasteiger partial charge in [-0.1, -0.05) is 30.3 Å². The van der Waals surface area contributed by atoms with Crippen LogP contribution >= 0.6 is 0 Å². The van der Waals surface area contributed by atoms with E-state index in [1.54, 1.807) is 48.6 Å². The number of carbonyl (C=O) groups is 3. The van der Waals surface area contributed by atoms with Gasteiger partial charge in [0.1, 0.15) is 11.7 Å². The third kappa shape index (κ3) is 3.68. The summed E-state index contributed by atoms with van der Waals surface area (Å²) in [5.74, 6) is -1.00. The number of hydroxylamine groups is 1. The van der Waals surface area contributed by atoms with Crippen LogP contribution in [-0.4, -0.2) is 30.9 Å². The van der Waals surface area contributed by atoms with Crippen LogP contribution in [0.3, 0.4) is 0 Å². The van der Waals surface area contributed by atoms with Crippen molar-refractivity contribution in [2.45, 2.75) is 19.1 Å². The molecule has 2 fully saturated rings. The van der Waals surface area contributed by atoms with Crippen LogP contribution in [0.5, 0.6) is 5.75 Å². The average Bonchev–Trinajstić information content (AvgIpc) is 3.36. The second-order valence-corrected chi connectivity index (χ2v) is 8.17. The number of para-hydroxylation sites is 1. The van der Waals surface area contributed by atoms with Crippen molar-refractivity contribution < 1.29 is 24.0 Å². The SMILES string of the molecule is COc1ccc(N2C(=O)[C@H]3[C@@H](ON(c4ccccc4)[C@H]3c3ccc(NC(C)=O)cc3)C2=O)cc1. The molecule has 0 saturated carbocycles. The Labute approximate surface area is 196 Å². The summed E-state index contributed by atoms with van der Waals surface area (Å²) in [6.45, 7) is 1.44. The Morgan fingerprint density at radius 1 is 0.882 bits per heavy atom. The first-order chi connectivity index (χ1) is 16.5. The molecule has 0 aromatic heterocycles. The lowest BCUT2D eigenvalue weighted by Crippen LogP contribution is -2.37. The zero-order valence-corrected chi connectivity index (χ0v) is 18.7. The number of carbonyl (C=O) groups excluding carboxylic acids is 3. The summed E-state index contributed by atoms with van der Waals surface area (Å²) in [6.07, 6.45) is -0.949. The smallest absolute Gasteiger partial charge is 0.266 e. The minimum atomic E-state index is -0.949. The molecule has 3 aromatic carbocycles. The Kier molecular flexibility index (Phi) is 5.51. The summed E-state index contributed by atoms with van der Waals surface area (Å²) in [4.78, 5) is 45.7. The van der Waals surface area contributed by atoms with E-state index in [0.29, 0.717) is 17.1 Å². The van der Waals surface area contributed by atoms with Crippen molar-refractivity contribution in [3.05, 3.63) is 84.4 Å². The first kappa shape index (κ1) is 21.7. The lowest BCUT2D eigenvalue weighted by Gasteiger charge is -2.29. The average molecular weight is 457 g/mol. The molecule has 1 N–H and O–H groups in total. The third-order valence-electron chi connectivity index (χ3n) is 6.03. The number of methoxy groups -OCH3 is 1. The van der Waals surface area contributed by atoms with Crippen LogP contribution < -0.4 is 20.0 Å². The van der Waals surface area contributed by atoms with Crippen LogP contribution in [-0.2, 0) is 19.2 Å². The van der Waals surface area contributed by atoms with Gasteiger partial charge in [0.05, 0.1) is 24.5 Å². The molecule has 5 rings (SSSR count). The Balaban J connectivity index is 1.53. The van der Waals surface area contributed by atoms with E-state index in [1.807, 2.05) is 42.5 Å². The highest BCUT2D eigenvalue weighted by atomic mass is 16.7. The van der Waals surface area contributed by atoms with Crippen molar-refractivity contribution in [1.82, 2.24) is 0 Å². The number of rotatable bonds is 5. The van der Waals surface area contributed by atoms with Crippen molar-refractivity contribution in [2.75, 3.05) is 22.4 Å². The highest BCUT2D eigenvalue weighted by molar-refractivity contribution is 6.24. The van der Waals surface area contributed by atoms with E-state index in [4.69, 9.17) is 9.57 Å². The summed E-state index contributed by atoms with van der Waals surface area (Å²) in [5, 5.41) is 4.38. The second kappa shape index (κ2) is 8.64. The molecule has 0 spiro atoms. The fourth-order valence-corrected chi connectivity index (χ4v) is 4.50. The van der Waals surface area contributed by atoms with E-state index in [2.05, 4.69) is 5.32 Å². The van der Waals surface area contributed by atoms with Crippen LogP contribution in [0.4, 0.5) is 17.1 Å². The largest absolute Gasteiger partial charge is 0.497 e. The van der Waals surface area contributed by atoms with Crippen LogP contribution in [0.1, 0.15) is 18.5 Å². The molecular formula is C26H23N3O5. The second-order valence-electron chi connectivity index (χ2n) is 8.17. The third-order valence-corrected chi connectivity index (χ3v) is 6.03. The molecule has 0 unspecified atom stereocenters. The van der Waals surface area contributed by atoms with Crippen molar-refractivity contribution in [3.8, 4) is 5.75 Å². The number of nitrogens with one attached hydrogen (secondary N) is 1. The number of benzene rings is 3. The highest BCUT2D eigenvalue weighted by Gasteiger charge is 2.60. The maximum Gasteiger partial charge on any atom is 0.266 e. The van der Waals surface area contributed by atoms with Gasteiger partial charge in [0.2, 0.25) is 11.8 Å². The molecule has 0 aliphatic carbocycles. The number of anilines is 3. The maximum atomic E-state index is 13.6. The number of hydrogen-bond donors (Lipinski definition) is 1. The summed E-state index contributed by atoms with van der Waals surface area (Å²) >= 11 is 0. The minimum Gasteiger partial charge on any atom is -0.497 e. The summed E-state index contributed by atoms with van der Waals surface area (Å²) in [7, 11) is 1.55. The van der Waals surface area contributed by atoms with Crippen molar-refractivity contribution in [3.63, 3.8) is 0 Å². The fourth-order valence-electron chi connectivity index (χ4n) is 4.50. The van der Waals surface area contributed by atoms with Gasteiger partial charge in [-0.25, -0.2) is 9.96 Å². The molecule has 8 heteroatoms. The highest BCUT2D eigenvalue weighted by Crippen LogP contribution is 2.47. The zero-order valence-electron chi connectivity index (χ0n) is 18.7. The van der Waals surface area contributed by atoms with Gasteiger partial charge in [0.25, 0.3) is 5.91 Å². The lowest BCUT2D eigenvalue weighted by atomic mass is 9.90. The van der Waals surface area contributed by atoms with Crippen LogP contribution in [0.25, 0.3) is 0 Å². The van der Waals surface area contributed by atoms with Crippen LogP contribution in [0.15, 0.2) is 78.9 Å². The van der Waals surface area contributed by atoms with Crippen LogP contribution in [0.2, 0.25) is 0 Å². The molecule has 2 aliphatic rings. The molecule has 0 bridgehead atoms. The standard InChI is InChI=1S/C26H23N3O5/c1-16(30)27-18-10-8-17(9-11-18)23-22-24(34-29(23)20-6-4-3-5-7-20)26(32)28(25(22)31)19-12-14-21(33-2)15-13-19/h3-15,22-24H,1-2H3,(H,27,30)/t22-,23+,24-/m1/s1. The van der Waals surface area contributed by atoms with E-state index in [0.717, 1.165) is 11.3 Å². The van der Waals surface area contributed by atoms with E-state index in [-0.39, 0.29) is 11.8 Å². The van der Waals surface area contributed by atoms with Gasteiger partial charge in [-0.3, -0.25) is 19.2 Å². The van der Waals surface area contributed by atoms with Gasteiger partial charge in [-0.15, -0.1) is 0 Å². The molecule has 172 valence electrons. The number of ether oxygens (including phenoxy) is 1. The minimum absolute atomic E-state index is 0.172. The molecule has 0 radical (unpaired) electrons. The Bertz CT molecular complexity index is 1230. The fraction of sp³-hybridized carbons (Fsp3) is 0.192. The monoisotopic (exact) mass is 457 g/mol. The molecule has 2 saturated heterocycles. The lowest BCUT2D eigenvalue weighted by molar-refractivity contribution is -0.126. The number of amides is 3. The van der Waals surface area contributed by atoms with E-state index in [9.17, 15) is 14.4 Å². The molecule has 2 aliphatic heterocycles. The van der Waals surface area contributed by atoms with Gasteiger partial charge in [0, 0.05) is 12.6 Å². The Morgan fingerprint density at radius 3 is 2.18 bits per heavy atom. The molecule has 3 aromatic rings. The zero-order chi connectivity index (χ0) is 23.8. The normalized spacial score (nSPS) is 21.5. The summed E-state index contributed by atoms with van der Waals surface area (Å²) in [6, 6.07) is 22.8. The topological polar surface area (TPSA) is 88.2 Å². The maximum absolute atomic E-state index is 13.6. The first-order valence-corrected chi connectivity index (χ1v) is 10.9. The van der Waals surface area contributed by atoms with Gasteiger partial charge in [-0.2, -0.15) is 0 Å². The Hall–Kier alpha value is -4.17. The number of imide groups is 1. The van der Waals surface area contributed by atoms with Crippen molar-refractivity contribution in [2.24, 2.45) is 5.92 Å². The van der Waals surface area contributed by atoms with Gasteiger partial charge < -0.3 is 10.1 Å². The van der Waals surface area contributed by atoms with E-state index in [1.165, 1.54) is 11.8 Å². The predicted molar refractivity (Wildman–Crippen MR) is 126 cm³/mol. The predicted octanol–water partition coefficient (Wildman–Crippen LogP) is 3.70. The summed E-state index contributed by atoms with van der Waals surface area (Å²) in [5.41, 5.74) is 2.65. The molecular weight excluding hydrogens is 434 g/mol. The molecule has 8 nitrogen and oxygen atoms in total. The number of nitrogens with zero attached hydrogens (tertiary/aromatic N) is 2. The van der Waals surface area contributed by atoms with Crippen molar-refractivity contribution >= 4 is 34.8 Å². The summed E-state index contributed by atoms with van der Waals surface area (Å²) < 4.78 is 5.19. The van der Waals surface area contributed by atoms with E-state index >= 15 is 0 Å². The van der Waals surface area contributed by atoms with Crippen LogP contribution in [0, 0.1) is 5.92 Å². The number of fused-ring (bicyclic) bond motifs is 1. The van der Waals surface area contributed by atoms with Gasteiger partial charge in [0.15, 0.2) is 6.10 Å². The molecule has 2 heterocycles. The van der Waals surface area contributed by atoms with Crippen molar-refractivity contribution in [1.29, 1.82) is 0 Å².